The monoisotopic (exact) mass is 212 g/mol. The quantitative estimate of drug-likeness (QED) is 0.686. The largest absolute Gasteiger partial charge is 0.463 e. The molecule has 0 saturated carbocycles. The SMILES string of the molecule is NCc1c(-c2ccco2)[nH]c2ccccc12. The Labute approximate surface area is 92.9 Å². The molecule has 0 spiro atoms. The van der Waals surface area contributed by atoms with Crippen molar-refractivity contribution in [2.75, 3.05) is 0 Å². The highest BCUT2D eigenvalue weighted by Crippen LogP contribution is 2.29. The average Bonchev–Trinajstić information content (AvgIpc) is 2.95. The van der Waals surface area contributed by atoms with Gasteiger partial charge >= 0.3 is 0 Å². The lowest BCUT2D eigenvalue weighted by molar-refractivity contribution is 0.580. The Balaban J connectivity index is 2.32. The molecule has 0 atom stereocenters. The first-order valence-corrected chi connectivity index (χ1v) is 5.23. The molecular weight excluding hydrogens is 200 g/mol. The summed E-state index contributed by atoms with van der Waals surface area (Å²) in [6.07, 6.45) is 1.67. The Bertz CT molecular complexity index is 608. The van der Waals surface area contributed by atoms with Gasteiger partial charge in [-0.25, -0.2) is 0 Å². The van der Waals surface area contributed by atoms with E-state index in [1.54, 1.807) is 6.26 Å². The van der Waals surface area contributed by atoms with E-state index in [4.69, 9.17) is 10.2 Å². The van der Waals surface area contributed by atoms with E-state index in [-0.39, 0.29) is 0 Å². The predicted octanol–water partition coefficient (Wildman–Crippen LogP) is 2.89. The number of aromatic nitrogens is 1. The summed E-state index contributed by atoms with van der Waals surface area (Å²) < 4.78 is 5.40. The van der Waals surface area contributed by atoms with E-state index in [0.717, 1.165) is 27.9 Å². The normalized spacial score (nSPS) is 11.1. The van der Waals surface area contributed by atoms with Crippen LogP contribution in [0.5, 0.6) is 0 Å². The number of para-hydroxylation sites is 1. The molecule has 3 heteroatoms. The van der Waals surface area contributed by atoms with Gasteiger partial charge in [-0.1, -0.05) is 18.2 Å². The first kappa shape index (κ1) is 9.24. The summed E-state index contributed by atoms with van der Waals surface area (Å²) in [5.74, 6) is 0.830. The molecule has 2 heterocycles. The molecule has 80 valence electrons. The van der Waals surface area contributed by atoms with E-state index in [9.17, 15) is 0 Å². The highest BCUT2D eigenvalue weighted by molar-refractivity contribution is 5.89. The molecule has 1 aromatic carbocycles. The number of aromatic amines is 1. The second-order valence-corrected chi connectivity index (χ2v) is 3.71. The van der Waals surface area contributed by atoms with Crippen LogP contribution in [0.3, 0.4) is 0 Å². The van der Waals surface area contributed by atoms with Gasteiger partial charge in [0, 0.05) is 23.0 Å². The first-order chi connectivity index (χ1) is 7.90. The van der Waals surface area contributed by atoms with Crippen LogP contribution in [0.1, 0.15) is 5.56 Å². The number of nitrogens with one attached hydrogen (secondary N) is 1. The molecule has 3 rings (SSSR count). The topological polar surface area (TPSA) is 54.9 Å². The molecule has 3 N–H and O–H groups in total. The van der Waals surface area contributed by atoms with Gasteiger partial charge < -0.3 is 15.1 Å². The van der Waals surface area contributed by atoms with Crippen molar-refractivity contribution in [3.8, 4) is 11.5 Å². The van der Waals surface area contributed by atoms with E-state index in [0.29, 0.717) is 6.54 Å². The Morgan fingerprint density at radius 2 is 2.00 bits per heavy atom. The van der Waals surface area contributed by atoms with Gasteiger partial charge in [0.25, 0.3) is 0 Å². The van der Waals surface area contributed by atoms with E-state index < -0.39 is 0 Å². The molecule has 0 radical (unpaired) electrons. The molecule has 0 bridgehead atoms. The summed E-state index contributed by atoms with van der Waals surface area (Å²) in [7, 11) is 0. The van der Waals surface area contributed by atoms with Gasteiger partial charge in [0.1, 0.15) is 5.76 Å². The van der Waals surface area contributed by atoms with Crippen molar-refractivity contribution in [2.24, 2.45) is 5.73 Å². The van der Waals surface area contributed by atoms with Crippen molar-refractivity contribution < 1.29 is 4.42 Å². The van der Waals surface area contributed by atoms with Crippen LogP contribution in [0.15, 0.2) is 47.1 Å². The standard InChI is InChI=1S/C13H12N2O/c14-8-10-9-4-1-2-5-11(9)15-13(10)12-6-3-7-16-12/h1-7,15H,8,14H2. The maximum atomic E-state index is 5.81. The van der Waals surface area contributed by atoms with Crippen LogP contribution >= 0.6 is 0 Å². The highest BCUT2D eigenvalue weighted by atomic mass is 16.3. The third kappa shape index (κ3) is 1.26. The molecule has 16 heavy (non-hydrogen) atoms. The Hall–Kier alpha value is -2.00. The number of hydrogen-bond acceptors (Lipinski definition) is 2. The van der Waals surface area contributed by atoms with Gasteiger partial charge in [0.15, 0.2) is 0 Å². The van der Waals surface area contributed by atoms with Gasteiger partial charge in [-0.2, -0.15) is 0 Å². The lowest BCUT2D eigenvalue weighted by Gasteiger charge is -1.97. The third-order valence-corrected chi connectivity index (χ3v) is 2.79. The maximum absolute atomic E-state index is 5.81. The van der Waals surface area contributed by atoms with Crippen molar-refractivity contribution in [3.63, 3.8) is 0 Å². The Kier molecular flexibility index (Phi) is 2.04. The number of hydrogen-bond donors (Lipinski definition) is 2. The van der Waals surface area contributed by atoms with Crippen molar-refractivity contribution in [3.05, 3.63) is 48.2 Å². The maximum Gasteiger partial charge on any atom is 0.150 e. The number of rotatable bonds is 2. The number of benzene rings is 1. The fraction of sp³-hybridized carbons (Fsp3) is 0.0769. The van der Waals surface area contributed by atoms with Gasteiger partial charge in [-0.15, -0.1) is 0 Å². The summed E-state index contributed by atoms with van der Waals surface area (Å²) in [6.45, 7) is 0.500. The van der Waals surface area contributed by atoms with Crippen molar-refractivity contribution in [2.45, 2.75) is 6.54 Å². The molecule has 0 aliphatic heterocycles. The smallest absolute Gasteiger partial charge is 0.150 e. The second-order valence-electron chi connectivity index (χ2n) is 3.71. The number of H-pyrrole nitrogens is 1. The number of fused-ring (bicyclic) bond motifs is 1. The zero-order chi connectivity index (χ0) is 11.0. The van der Waals surface area contributed by atoms with Gasteiger partial charge in [-0.3, -0.25) is 0 Å². The summed E-state index contributed by atoms with van der Waals surface area (Å²) in [6, 6.07) is 11.9. The minimum atomic E-state index is 0.500. The van der Waals surface area contributed by atoms with E-state index >= 15 is 0 Å². The lowest BCUT2D eigenvalue weighted by Crippen LogP contribution is -1.96. The Morgan fingerprint density at radius 1 is 1.12 bits per heavy atom. The summed E-state index contributed by atoms with van der Waals surface area (Å²) in [5, 5.41) is 1.16. The zero-order valence-corrected chi connectivity index (χ0v) is 8.73. The molecule has 0 amide bonds. The predicted molar refractivity (Wildman–Crippen MR) is 63.9 cm³/mol. The number of nitrogens with two attached hydrogens (primary N) is 1. The molecule has 2 aromatic heterocycles. The molecule has 3 aromatic rings. The molecule has 0 aliphatic rings. The number of furan rings is 1. The molecule has 0 aliphatic carbocycles. The summed E-state index contributed by atoms with van der Waals surface area (Å²) in [4.78, 5) is 3.34. The molecule has 0 saturated heterocycles. The van der Waals surface area contributed by atoms with Gasteiger partial charge in [-0.05, 0) is 18.2 Å². The Morgan fingerprint density at radius 3 is 2.75 bits per heavy atom. The highest BCUT2D eigenvalue weighted by Gasteiger charge is 2.12. The average molecular weight is 212 g/mol. The van der Waals surface area contributed by atoms with Crippen molar-refractivity contribution in [1.29, 1.82) is 0 Å². The van der Waals surface area contributed by atoms with Gasteiger partial charge in [0.2, 0.25) is 0 Å². The van der Waals surface area contributed by atoms with E-state index in [2.05, 4.69) is 11.1 Å². The van der Waals surface area contributed by atoms with Crippen LogP contribution < -0.4 is 5.73 Å². The van der Waals surface area contributed by atoms with E-state index in [1.165, 1.54) is 0 Å². The van der Waals surface area contributed by atoms with Crippen LogP contribution in [0, 0.1) is 0 Å². The van der Waals surface area contributed by atoms with Crippen LogP contribution in [-0.4, -0.2) is 4.98 Å². The van der Waals surface area contributed by atoms with Crippen LogP contribution in [0.25, 0.3) is 22.4 Å². The zero-order valence-electron chi connectivity index (χ0n) is 8.73. The molecule has 0 unspecified atom stereocenters. The van der Waals surface area contributed by atoms with E-state index in [1.807, 2.05) is 30.3 Å². The van der Waals surface area contributed by atoms with Crippen LogP contribution in [0.2, 0.25) is 0 Å². The first-order valence-electron chi connectivity index (χ1n) is 5.23. The minimum absolute atomic E-state index is 0.500. The van der Waals surface area contributed by atoms with Crippen LogP contribution in [0.4, 0.5) is 0 Å². The minimum Gasteiger partial charge on any atom is -0.463 e. The summed E-state index contributed by atoms with van der Waals surface area (Å²) in [5.41, 5.74) is 8.98. The fourth-order valence-corrected chi connectivity index (χ4v) is 2.04. The van der Waals surface area contributed by atoms with Gasteiger partial charge in [0.05, 0.1) is 12.0 Å². The van der Waals surface area contributed by atoms with Crippen molar-refractivity contribution >= 4 is 10.9 Å². The molecular formula is C13H12N2O. The molecule has 0 fully saturated rings. The molecule has 3 nitrogen and oxygen atoms in total. The third-order valence-electron chi connectivity index (χ3n) is 2.79. The fourth-order valence-electron chi connectivity index (χ4n) is 2.04. The van der Waals surface area contributed by atoms with Crippen molar-refractivity contribution in [1.82, 2.24) is 4.98 Å². The van der Waals surface area contributed by atoms with Crippen LogP contribution in [-0.2, 0) is 6.54 Å². The summed E-state index contributed by atoms with van der Waals surface area (Å²) >= 11 is 0. The second kappa shape index (κ2) is 3.54. The lowest BCUT2D eigenvalue weighted by atomic mass is 10.1.